The molecule has 0 aromatic carbocycles. The summed E-state index contributed by atoms with van der Waals surface area (Å²) in [6.07, 6.45) is 51.6. The molecule has 1 unspecified atom stereocenters. The standard InChI is InChI=1S/C37H68O/c1-3-5-7-9-11-13-15-17-19-21-23-25-27-29-31-33-35-37(38)36-34-32-30-28-26-24-22-20-18-16-14-12-10-8-6-4-2/h11-14,17-20,37-38H,3-10,15-16,21-36H2,1-2H3/b13-11-,14-12?,19-17?,20-18?. The SMILES string of the molecule is CCCCCC=CCC=CCCCCCCCCC(O)CCCCCCCCC=CC/C=C\CCCCC. The summed E-state index contributed by atoms with van der Waals surface area (Å²) in [6.45, 7) is 4.52. The number of aliphatic hydroxyl groups is 1. The van der Waals surface area contributed by atoms with Crippen LogP contribution >= 0.6 is 0 Å². The van der Waals surface area contributed by atoms with Crippen molar-refractivity contribution in [3.05, 3.63) is 48.6 Å². The van der Waals surface area contributed by atoms with E-state index in [0.717, 1.165) is 25.7 Å². The van der Waals surface area contributed by atoms with E-state index in [0.29, 0.717) is 0 Å². The Labute approximate surface area is 240 Å². The van der Waals surface area contributed by atoms with Crippen LogP contribution in [0, 0.1) is 0 Å². The van der Waals surface area contributed by atoms with Gasteiger partial charge in [0.15, 0.2) is 0 Å². The Hall–Kier alpha value is -1.08. The maximum absolute atomic E-state index is 10.3. The quantitative estimate of drug-likeness (QED) is 0.0726. The smallest absolute Gasteiger partial charge is 0.0540 e. The van der Waals surface area contributed by atoms with Crippen LogP contribution in [0.25, 0.3) is 0 Å². The van der Waals surface area contributed by atoms with Gasteiger partial charge in [-0.15, -0.1) is 0 Å². The fraction of sp³-hybridized carbons (Fsp3) is 0.784. The molecule has 0 aromatic heterocycles. The van der Waals surface area contributed by atoms with Gasteiger partial charge in [-0.2, -0.15) is 0 Å². The normalized spacial score (nSPS) is 13.2. The molecule has 0 amide bonds. The number of aliphatic hydroxyl groups excluding tert-OH is 1. The Kier molecular flexibility index (Phi) is 33.0. The monoisotopic (exact) mass is 529 g/mol. The molecule has 0 aliphatic rings. The topological polar surface area (TPSA) is 20.2 Å². The van der Waals surface area contributed by atoms with E-state index in [-0.39, 0.29) is 6.10 Å². The summed E-state index contributed by atoms with van der Waals surface area (Å²) in [5, 5.41) is 10.3. The van der Waals surface area contributed by atoms with Crippen LogP contribution in [0.2, 0.25) is 0 Å². The summed E-state index contributed by atoms with van der Waals surface area (Å²) >= 11 is 0. The van der Waals surface area contributed by atoms with E-state index in [2.05, 4.69) is 62.5 Å². The van der Waals surface area contributed by atoms with Crippen LogP contribution in [-0.4, -0.2) is 11.2 Å². The van der Waals surface area contributed by atoms with Gasteiger partial charge in [-0.3, -0.25) is 0 Å². The van der Waals surface area contributed by atoms with E-state index >= 15 is 0 Å². The Bertz CT molecular complexity index is 493. The van der Waals surface area contributed by atoms with Crippen LogP contribution in [-0.2, 0) is 0 Å². The summed E-state index contributed by atoms with van der Waals surface area (Å²) in [7, 11) is 0. The van der Waals surface area contributed by atoms with Crippen LogP contribution < -0.4 is 0 Å². The third-order valence-corrected chi connectivity index (χ3v) is 7.48. The zero-order valence-corrected chi connectivity index (χ0v) is 26.0. The first-order valence-electron chi connectivity index (χ1n) is 17.1. The molecular formula is C37H68O. The summed E-state index contributed by atoms with van der Waals surface area (Å²) in [5.41, 5.74) is 0. The first-order valence-corrected chi connectivity index (χ1v) is 17.1. The molecule has 1 atom stereocenters. The van der Waals surface area contributed by atoms with Crippen LogP contribution in [0.4, 0.5) is 0 Å². The minimum Gasteiger partial charge on any atom is -0.393 e. The highest BCUT2D eigenvalue weighted by molar-refractivity contribution is 4.93. The molecule has 0 aromatic rings. The third kappa shape index (κ3) is 32.9. The molecule has 222 valence electrons. The van der Waals surface area contributed by atoms with E-state index < -0.39 is 0 Å². The van der Waals surface area contributed by atoms with Crippen molar-refractivity contribution in [2.75, 3.05) is 0 Å². The molecule has 1 nitrogen and oxygen atoms in total. The molecule has 1 N–H and O–H groups in total. The summed E-state index contributed by atoms with van der Waals surface area (Å²) in [4.78, 5) is 0. The van der Waals surface area contributed by atoms with Crippen molar-refractivity contribution in [2.45, 2.75) is 187 Å². The maximum Gasteiger partial charge on any atom is 0.0540 e. The van der Waals surface area contributed by atoms with E-state index in [1.165, 1.54) is 141 Å². The fourth-order valence-electron chi connectivity index (χ4n) is 4.88. The van der Waals surface area contributed by atoms with Gasteiger partial charge in [-0.05, 0) is 77.0 Å². The van der Waals surface area contributed by atoms with E-state index in [9.17, 15) is 5.11 Å². The zero-order chi connectivity index (χ0) is 27.6. The van der Waals surface area contributed by atoms with Crippen molar-refractivity contribution < 1.29 is 5.11 Å². The number of hydrogen-bond acceptors (Lipinski definition) is 1. The lowest BCUT2D eigenvalue weighted by Gasteiger charge is -2.10. The molecule has 0 rings (SSSR count). The third-order valence-electron chi connectivity index (χ3n) is 7.48. The predicted octanol–water partition coefficient (Wildman–Crippen LogP) is 12.8. The number of rotatable bonds is 30. The molecule has 0 radical (unpaired) electrons. The molecule has 38 heavy (non-hydrogen) atoms. The Morgan fingerprint density at radius 2 is 0.658 bits per heavy atom. The van der Waals surface area contributed by atoms with Gasteiger partial charge in [0.1, 0.15) is 0 Å². The number of hydrogen-bond donors (Lipinski definition) is 1. The molecule has 0 heterocycles. The molecule has 0 saturated carbocycles. The van der Waals surface area contributed by atoms with Crippen molar-refractivity contribution in [2.24, 2.45) is 0 Å². The molecule has 0 bridgehead atoms. The van der Waals surface area contributed by atoms with Gasteiger partial charge < -0.3 is 5.11 Å². The first-order chi connectivity index (χ1) is 18.8. The van der Waals surface area contributed by atoms with Crippen molar-refractivity contribution in [1.82, 2.24) is 0 Å². The molecule has 0 spiro atoms. The van der Waals surface area contributed by atoms with E-state index in [4.69, 9.17) is 0 Å². The van der Waals surface area contributed by atoms with Gasteiger partial charge in [0.05, 0.1) is 6.10 Å². The molecule has 0 saturated heterocycles. The van der Waals surface area contributed by atoms with Crippen molar-refractivity contribution in [3.8, 4) is 0 Å². The Morgan fingerprint density at radius 1 is 0.368 bits per heavy atom. The average molecular weight is 529 g/mol. The van der Waals surface area contributed by atoms with E-state index in [1.807, 2.05) is 0 Å². The highest BCUT2D eigenvalue weighted by atomic mass is 16.3. The minimum atomic E-state index is -0.0633. The van der Waals surface area contributed by atoms with Gasteiger partial charge in [0, 0.05) is 0 Å². The van der Waals surface area contributed by atoms with Crippen LogP contribution in [0.1, 0.15) is 181 Å². The van der Waals surface area contributed by atoms with Gasteiger partial charge >= 0.3 is 0 Å². The maximum atomic E-state index is 10.3. The lowest BCUT2D eigenvalue weighted by atomic mass is 10.0. The lowest BCUT2D eigenvalue weighted by molar-refractivity contribution is 0.147. The Morgan fingerprint density at radius 3 is 1.00 bits per heavy atom. The molecule has 0 aliphatic heterocycles. The molecule has 0 fully saturated rings. The number of allylic oxidation sites excluding steroid dienone is 8. The highest BCUT2D eigenvalue weighted by Gasteiger charge is 2.03. The largest absolute Gasteiger partial charge is 0.393 e. The molecule has 1 heteroatoms. The second-order valence-corrected chi connectivity index (χ2v) is 11.4. The predicted molar refractivity (Wildman–Crippen MR) is 174 cm³/mol. The molecule has 0 aliphatic carbocycles. The second-order valence-electron chi connectivity index (χ2n) is 11.4. The highest BCUT2D eigenvalue weighted by Crippen LogP contribution is 2.15. The van der Waals surface area contributed by atoms with Crippen LogP contribution in [0.5, 0.6) is 0 Å². The minimum absolute atomic E-state index is 0.0633. The van der Waals surface area contributed by atoms with Crippen molar-refractivity contribution >= 4 is 0 Å². The lowest BCUT2D eigenvalue weighted by Crippen LogP contribution is -2.05. The van der Waals surface area contributed by atoms with Crippen LogP contribution in [0.15, 0.2) is 48.6 Å². The van der Waals surface area contributed by atoms with Crippen molar-refractivity contribution in [3.63, 3.8) is 0 Å². The first kappa shape index (κ1) is 36.9. The average Bonchev–Trinajstić information content (AvgIpc) is 2.92. The summed E-state index contributed by atoms with van der Waals surface area (Å²) in [5.74, 6) is 0. The van der Waals surface area contributed by atoms with E-state index in [1.54, 1.807) is 0 Å². The van der Waals surface area contributed by atoms with Crippen LogP contribution in [0.3, 0.4) is 0 Å². The second kappa shape index (κ2) is 33.9. The number of unbranched alkanes of at least 4 members (excludes halogenated alkanes) is 18. The molecular weight excluding hydrogens is 460 g/mol. The zero-order valence-electron chi connectivity index (χ0n) is 26.0. The summed E-state index contributed by atoms with van der Waals surface area (Å²) in [6, 6.07) is 0. The van der Waals surface area contributed by atoms with Gasteiger partial charge in [0.2, 0.25) is 0 Å². The van der Waals surface area contributed by atoms with Crippen molar-refractivity contribution in [1.29, 1.82) is 0 Å². The van der Waals surface area contributed by atoms with Gasteiger partial charge in [-0.25, -0.2) is 0 Å². The van der Waals surface area contributed by atoms with Gasteiger partial charge in [0.25, 0.3) is 0 Å². The fourth-order valence-corrected chi connectivity index (χ4v) is 4.88. The Balaban J connectivity index is 3.29. The summed E-state index contributed by atoms with van der Waals surface area (Å²) < 4.78 is 0. The van der Waals surface area contributed by atoms with Gasteiger partial charge in [-0.1, -0.05) is 152 Å².